The summed E-state index contributed by atoms with van der Waals surface area (Å²) in [6, 6.07) is 6.27. The van der Waals surface area contributed by atoms with Gasteiger partial charge in [-0.2, -0.15) is 0 Å². The lowest BCUT2D eigenvalue weighted by atomic mass is 10.2. The summed E-state index contributed by atoms with van der Waals surface area (Å²) in [4.78, 5) is 11.2. The Labute approximate surface area is 107 Å². The molecule has 0 amide bonds. The summed E-state index contributed by atoms with van der Waals surface area (Å²) in [7, 11) is 0. The van der Waals surface area contributed by atoms with Crippen LogP contribution in [0.2, 0.25) is 0 Å². The topological polar surface area (TPSA) is 55.8 Å². The number of phenols is 1. The third-order valence-corrected chi connectivity index (χ3v) is 2.31. The van der Waals surface area contributed by atoms with Gasteiger partial charge in [0.25, 0.3) is 0 Å². The first-order valence-corrected chi connectivity index (χ1v) is 5.94. The molecule has 0 aliphatic rings. The Kier molecular flexibility index (Phi) is 5.77. The number of carbonyl (C=O) groups is 1. The van der Waals surface area contributed by atoms with Gasteiger partial charge in [0.05, 0.1) is 0 Å². The molecule has 18 heavy (non-hydrogen) atoms. The molecule has 1 aromatic rings. The number of carbonyl (C=O) groups excluding carboxylic acids is 1. The SMILES string of the molecule is C=CC(=O)OC(CCCC)Oc1ccc(O)cc1. The minimum atomic E-state index is -0.625. The van der Waals surface area contributed by atoms with Crippen molar-refractivity contribution in [1.29, 1.82) is 0 Å². The van der Waals surface area contributed by atoms with Crippen molar-refractivity contribution in [3.63, 3.8) is 0 Å². The van der Waals surface area contributed by atoms with Gasteiger partial charge in [0.15, 0.2) is 0 Å². The van der Waals surface area contributed by atoms with Crippen LogP contribution in [0.15, 0.2) is 36.9 Å². The molecule has 0 saturated heterocycles. The van der Waals surface area contributed by atoms with E-state index in [2.05, 4.69) is 6.58 Å². The van der Waals surface area contributed by atoms with Gasteiger partial charge >= 0.3 is 5.97 Å². The third kappa shape index (κ3) is 4.91. The molecule has 1 unspecified atom stereocenters. The molecule has 0 aromatic heterocycles. The van der Waals surface area contributed by atoms with Gasteiger partial charge in [-0.1, -0.05) is 19.9 Å². The summed E-state index contributed by atoms with van der Waals surface area (Å²) in [5, 5.41) is 9.16. The Bertz CT molecular complexity index is 383. The van der Waals surface area contributed by atoms with Gasteiger partial charge in [0.1, 0.15) is 11.5 Å². The smallest absolute Gasteiger partial charge is 0.333 e. The molecule has 0 bridgehead atoms. The van der Waals surface area contributed by atoms with Crippen molar-refractivity contribution in [3.8, 4) is 11.5 Å². The molecule has 1 aromatic carbocycles. The number of hydrogen-bond acceptors (Lipinski definition) is 4. The molecule has 98 valence electrons. The van der Waals surface area contributed by atoms with Crippen molar-refractivity contribution in [2.24, 2.45) is 0 Å². The average Bonchev–Trinajstić information content (AvgIpc) is 2.38. The van der Waals surface area contributed by atoms with Gasteiger partial charge in [-0.25, -0.2) is 4.79 Å². The molecule has 0 aliphatic heterocycles. The molecule has 4 heteroatoms. The van der Waals surface area contributed by atoms with Gasteiger partial charge in [0.2, 0.25) is 6.29 Å². The fourth-order valence-corrected chi connectivity index (χ4v) is 1.37. The summed E-state index contributed by atoms with van der Waals surface area (Å²) < 4.78 is 10.6. The maximum atomic E-state index is 11.2. The van der Waals surface area contributed by atoms with Crippen molar-refractivity contribution >= 4 is 5.97 Å². The molecule has 1 atom stereocenters. The van der Waals surface area contributed by atoms with E-state index in [1.807, 2.05) is 6.92 Å². The molecule has 0 aliphatic carbocycles. The second kappa shape index (κ2) is 7.37. The highest BCUT2D eigenvalue weighted by molar-refractivity contribution is 5.81. The van der Waals surface area contributed by atoms with Crippen molar-refractivity contribution in [1.82, 2.24) is 0 Å². The molecule has 1 rings (SSSR count). The van der Waals surface area contributed by atoms with Crippen LogP contribution in [0.25, 0.3) is 0 Å². The third-order valence-electron chi connectivity index (χ3n) is 2.31. The van der Waals surface area contributed by atoms with Crippen molar-refractivity contribution in [2.75, 3.05) is 0 Å². The Morgan fingerprint density at radius 2 is 2.11 bits per heavy atom. The van der Waals surface area contributed by atoms with Gasteiger partial charge in [0, 0.05) is 12.5 Å². The maximum Gasteiger partial charge on any atom is 0.333 e. The zero-order chi connectivity index (χ0) is 13.4. The van der Waals surface area contributed by atoms with Crippen LogP contribution in [-0.2, 0) is 9.53 Å². The van der Waals surface area contributed by atoms with E-state index < -0.39 is 12.3 Å². The molecule has 0 heterocycles. The summed E-state index contributed by atoms with van der Waals surface area (Å²) in [5.41, 5.74) is 0. The highest BCUT2D eigenvalue weighted by Crippen LogP contribution is 2.19. The zero-order valence-electron chi connectivity index (χ0n) is 10.5. The molecular formula is C14H18O4. The maximum absolute atomic E-state index is 11.2. The van der Waals surface area contributed by atoms with Crippen molar-refractivity contribution < 1.29 is 19.4 Å². The molecular weight excluding hydrogens is 232 g/mol. The number of phenolic OH excluding ortho intramolecular Hbond substituents is 1. The number of benzene rings is 1. The number of aromatic hydroxyl groups is 1. The lowest BCUT2D eigenvalue weighted by Crippen LogP contribution is -2.23. The fraction of sp³-hybridized carbons (Fsp3) is 0.357. The summed E-state index contributed by atoms with van der Waals surface area (Å²) in [6.07, 6.45) is 2.99. The number of ether oxygens (including phenoxy) is 2. The predicted molar refractivity (Wildman–Crippen MR) is 68.3 cm³/mol. The number of rotatable bonds is 7. The van der Waals surface area contributed by atoms with Crippen LogP contribution in [0.3, 0.4) is 0 Å². The lowest BCUT2D eigenvalue weighted by molar-refractivity contribution is -0.158. The number of unbranched alkanes of at least 4 members (excludes halogenated alkanes) is 1. The van der Waals surface area contributed by atoms with E-state index in [0.717, 1.165) is 18.9 Å². The highest BCUT2D eigenvalue weighted by Gasteiger charge is 2.13. The first-order chi connectivity index (χ1) is 8.65. The monoisotopic (exact) mass is 250 g/mol. The van der Waals surface area contributed by atoms with Crippen LogP contribution in [0.4, 0.5) is 0 Å². The first-order valence-electron chi connectivity index (χ1n) is 5.94. The van der Waals surface area contributed by atoms with Crippen molar-refractivity contribution in [3.05, 3.63) is 36.9 Å². The molecule has 0 fully saturated rings. The van der Waals surface area contributed by atoms with E-state index in [1.54, 1.807) is 12.1 Å². The minimum absolute atomic E-state index is 0.163. The summed E-state index contributed by atoms with van der Waals surface area (Å²) >= 11 is 0. The molecule has 4 nitrogen and oxygen atoms in total. The van der Waals surface area contributed by atoms with Gasteiger partial charge in [-0.15, -0.1) is 0 Å². The van der Waals surface area contributed by atoms with E-state index in [4.69, 9.17) is 14.6 Å². The zero-order valence-corrected chi connectivity index (χ0v) is 10.5. The fourth-order valence-electron chi connectivity index (χ4n) is 1.37. The normalized spacial score (nSPS) is 11.6. The largest absolute Gasteiger partial charge is 0.508 e. The summed E-state index contributed by atoms with van der Waals surface area (Å²) in [6.45, 7) is 5.40. The minimum Gasteiger partial charge on any atom is -0.508 e. The van der Waals surface area contributed by atoms with Crippen molar-refractivity contribution in [2.45, 2.75) is 32.5 Å². The van der Waals surface area contributed by atoms with E-state index in [0.29, 0.717) is 12.2 Å². The van der Waals surface area contributed by atoms with Gasteiger partial charge < -0.3 is 14.6 Å². The second-order valence-corrected chi connectivity index (χ2v) is 3.82. The molecule has 0 saturated carbocycles. The molecule has 0 spiro atoms. The van der Waals surface area contributed by atoms with Crippen LogP contribution in [0, 0.1) is 0 Å². The van der Waals surface area contributed by atoms with Crippen LogP contribution in [0.1, 0.15) is 26.2 Å². The van der Waals surface area contributed by atoms with E-state index >= 15 is 0 Å². The van der Waals surface area contributed by atoms with Crippen LogP contribution in [-0.4, -0.2) is 17.4 Å². The molecule has 0 radical (unpaired) electrons. The molecule has 1 N–H and O–H groups in total. The Balaban J connectivity index is 2.61. The quantitative estimate of drug-likeness (QED) is 0.459. The predicted octanol–water partition coefficient (Wildman–Crippen LogP) is 3.02. The van der Waals surface area contributed by atoms with E-state index in [-0.39, 0.29) is 5.75 Å². The number of esters is 1. The van der Waals surface area contributed by atoms with E-state index in [1.165, 1.54) is 12.1 Å². The Morgan fingerprint density at radius 1 is 1.44 bits per heavy atom. The van der Waals surface area contributed by atoms with Crippen LogP contribution < -0.4 is 4.74 Å². The average molecular weight is 250 g/mol. The summed E-state index contributed by atoms with van der Waals surface area (Å²) in [5.74, 6) is 0.205. The Morgan fingerprint density at radius 3 is 2.67 bits per heavy atom. The van der Waals surface area contributed by atoms with Crippen LogP contribution in [0.5, 0.6) is 11.5 Å². The van der Waals surface area contributed by atoms with E-state index in [9.17, 15) is 4.79 Å². The highest BCUT2D eigenvalue weighted by atomic mass is 16.7. The van der Waals surface area contributed by atoms with Crippen LogP contribution >= 0.6 is 0 Å². The van der Waals surface area contributed by atoms with Gasteiger partial charge in [-0.3, -0.25) is 0 Å². The second-order valence-electron chi connectivity index (χ2n) is 3.82. The number of hydrogen-bond donors (Lipinski definition) is 1. The van der Waals surface area contributed by atoms with Gasteiger partial charge in [-0.05, 0) is 30.7 Å². The first kappa shape index (κ1) is 14.1. The lowest BCUT2D eigenvalue weighted by Gasteiger charge is -2.18. The standard InChI is InChI=1S/C14H18O4/c1-3-5-6-14(18-13(16)4-2)17-12-9-7-11(15)8-10-12/h4,7-10,14-15H,2-3,5-6H2,1H3. The Hall–Kier alpha value is -1.97.